The molecule has 2 N–H and O–H groups in total. The highest BCUT2D eigenvalue weighted by atomic mass is 16.6. The van der Waals surface area contributed by atoms with Crippen LogP contribution in [0.2, 0.25) is 0 Å². The predicted molar refractivity (Wildman–Crippen MR) is 64.9 cm³/mol. The van der Waals surface area contributed by atoms with Gasteiger partial charge in [-0.3, -0.25) is 4.79 Å². The van der Waals surface area contributed by atoms with Gasteiger partial charge in [-0.2, -0.15) is 0 Å². The Morgan fingerprint density at radius 3 is 2.61 bits per heavy atom. The maximum absolute atomic E-state index is 12.0. The van der Waals surface area contributed by atoms with Crippen molar-refractivity contribution in [2.45, 2.75) is 63.9 Å². The molecule has 3 rings (SSSR count). The highest BCUT2D eigenvalue weighted by Crippen LogP contribution is 2.68. The molecule has 0 amide bonds. The van der Waals surface area contributed by atoms with E-state index in [9.17, 15) is 15.0 Å². The lowest BCUT2D eigenvalue weighted by molar-refractivity contribution is -0.171. The minimum atomic E-state index is -0.751. The van der Waals surface area contributed by atoms with Crippen molar-refractivity contribution in [2.24, 2.45) is 17.3 Å². The molecular weight excluding hydrogens is 232 g/mol. The molecule has 7 unspecified atom stereocenters. The van der Waals surface area contributed by atoms with Gasteiger partial charge in [0.2, 0.25) is 0 Å². The third-order valence-corrected chi connectivity index (χ3v) is 5.91. The fourth-order valence-electron chi connectivity index (χ4n) is 4.87. The number of aliphatic hydroxyl groups excluding tert-OH is 2. The number of hydrogen-bond acceptors (Lipinski definition) is 4. The summed E-state index contributed by atoms with van der Waals surface area (Å²) in [6, 6.07) is 0. The van der Waals surface area contributed by atoms with Gasteiger partial charge >= 0.3 is 0 Å². The third-order valence-electron chi connectivity index (χ3n) is 5.91. The van der Waals surface area contributed by atoms with E-state index in [1.807, 2.05) is 6.92 Å². The van der Waals surface area contributed by atoms with Gasteiger partial charge in [0.15, 0.2) is 0 Å². The van der Waals surface area contributed by atoms with Crippen LogP contribution >= 0.6 is 0 Å². The van der Waals surface area contributed by atoms with E-state index in [-0.39, 0.29) is 24.2 Å². The molecule has 0 bridgehead atoms. The second-order valence-electron chi connectivity index (χ2n) is 6.57. The van der Waals surface area contributed by atoms with Crippen molar-refractivity contribution in [2.75, 3.05) is 0 Å². The molecule has 0 aromatic carbocycles. The van der Waals surface area contributed by atoms with Crippen molar-refractivity contribution in [3.63, 3.8) is 0 Å². The standard InChI is InChI=1S/C14H22O4/c1-7-4-5-11-14(18-11)10(17)6-9(16)12(8(2)15)13(7,14)3/h7,9-12,16-17H,4-6H2,1-3H3. The van der Waals surface area contributed by atoms with Gasteiger partial charge in [0.05, 0.1) is 24.2 Å². The molecule has 0 aromatic rings. The maximum Gasteiger partial charge on any atom is 0.136 e. The summed E-state index contributed by atoms with van der Waals surface area (Å²) < 4.78 is 5.87. The number of hydrogen-bond donors (Lipinski definition) is 2. The van der Waals surface area contributed by atoms with Gasteiger partial charge < -0.3 is 14.9 Å². The Bertz CT molecular complexity index is 395. The Labute approximate surface area is 107 Å². The summed E-state index contributed by atoms with van der Waals surface area (Å²) in [5, 5.41) is 20.6. The van der Waals surface area contributed by atoms with Crippen LogP contribution in [0.15, 0.2) is 0 Å². The van der Waals surface area contributed by atoms with Crippen molar-refractivity contribution in [1.82, 2.24) is 0 Å². The third kappa shape index (κ3) is 1.19. The first-order valence-corrected chi connectivity index (χ1v) is 6.90. The second kappa shape index (κ2) is 3.56. The quantitative estimate of drug-likeness (QED) is 0.682. The molecule has 3 fully saturated rings. The van der Waals surface area contributed by atoms with E-state index in [0.717, 1.165) is 12.8 Å². The molecule has 3 aliphatic rings. The molecule has 2 aliphatic carbocycles. The van der Waals surface area contributed by atoms with Crippen LogP contribution in [-0.2, 0) is 9.53 Å². The monoisotopic (exact) mass is 254 g/mol. The molecule has 1 heterocycles. The van der Waals surface area contributed by atoms with Gasteiger partial charge in [-0.25, -0.2) is 0 Å². The zero-order chi connectivity index (χ0) is 13.3. The summed E-state index contributed by atoms with van der Waals surface area (Å²) in [7, 11) is 0. The number of aliphatic hydroxyl groups is 2. The van der Waals surface area contributed by atoms with Crippen LogP contribution in [0, 0.1) is 17.3 Å². The Kier molecular flexibility index (Phi) is 2.48. The normalized spacial score (nSPS) is 58.6. The van der Waals surface area contributed by atoms with E-state index >= 15 is 0 Å². The number of carbonyl (C=O) groups excluding carboxylic acids is 1. The van der Waals surface area contributed by atoms with Crippen molar-refractivity contribution in [3.05, 3.63) is 0 Å². The summed E-state index contributed by atoms with van der Waals surface area (Å²) >= 11 is 0. The van der Waals surface area contributed by atoms with Gasteiger partial charge in [-0.05, 0) is 25.7 Å². The lowest BCUT2D eigenvalue weighted by Crippen LogP contribution is -2.65. The molecular formula is C14H22O4. The molecule has 0 radical (unpaired) electrons. The summed E-state index contributed by atoms with van der Waals surface area (Å²) in [5.74, 6) is -0.129. The molecule has 1 aliphatic heterocycles. The van der Waals surface area contributed by atoms with Crippen LogP contribution in [-0.4, -0.2) is 39.9 Å². The van der Waals surface area contributed by atoms with Crippen LogP contribution in [0.25, 0.3) is 0 Å². The van der Waals surface area contributed by atoms with Gasteiger partial charge in [0.25, 0.3) is 0 Å². The number of rotatable bonds is 1. The molecule has 2 saturated carbocycles. The molecule has 0 aromatic heterocycles. The lowest BCUT2D eigenvalue weighted by atomic mass is 9.49. The number of ketones is 1. The molecule has 1 spiro atoms. The van der Waals surface area contributed by atoms with Crippen LogP contribution in [0.3, 0.4) is 0 Å². The predicted octanol–water partition coefficient (Wildman–Crippen LogP) is 0.891. The van der Waals surface area contributed by atoms with E-state index < -0.39 is 29.1 Å². The molecule has 4 heteroatoms. The summed E-state index contributed by atoms with van der Waals surface area (Å²) in [6.07, 6.45) is 0.867. The first-order valence-electron chi connectivity index (χ1n) is 6.90. The Hall–Kier alpha value is -0.450. The Balaban J connectivity index is 2.10. The highest BCUT2D eigenvalue weighted by molar-refractivity contribution is 5.80. The Morgan fingerprint density at radius 1 is 1.33 bits per heavy atom. The van der Waals surface area contributed by atoms with E-state index in [1.165, 1.54) is 0 Å². The van der Waals surface area contributed by atoms with Gasteiger partial charge in [-0.15, -0.1) is 0 Å². The number of Topliss-reactive ketones (excluding diaryl/α,β-unsaturated/α-hetero) is 1. The molecule has 102 valence electrons. The van der Waals surface area contributed by atoms with E-state index in [2.05, 4.69) is 6.92 Å². The molecule has 7 atom stereocenters. The van der Waals surface area contributed by atoms with Crippen molar-refractivity contribution < 1.29 is 19.7 Å². The topological polar surface area (TPSA) is 70.1 Å². The zero-order valence-corrected chi connectivity index (χ0v) is 11.2. The van der Waals surface area contributed by atoms with Crippen molar-refractivity contribution >= 4 is 5.78 Å². The SMILES string of the molecule is CC(=O)C1C(O)CC(O)C23OC2CCC(C)C13C. The number of carbonyl (C=O) groups is 1. The van der Waals surface area contributed by atoms with Crippen LogP contribution in [0.5, 0.6) is 0 Å². The first kappa shape index (κ1) is 12.6. The summed E-state index contributed by atoms with van der Waals surface area (Å²) in [6.45, 7) is 5.68. The van der Waals surface area contributed by atoms with Crippen molar-refractivity contribution in [1.29, 1.82) is 0 Å². The smallest absolute Gasteiger partial charge is 0.136 e. The molecule has 18 heavy (non-hydrogen) atoms. The minimum absolute atomic E-state index is 0.0132. The van der Waals surface area contributed by atoms with Crippen LogP contribution in [0.1, 0.15) is 40.0 Å². The number of ether oxygens (including phenoxy) is 1. The fraction of sp³-hybridized carbons (Fsp3) is 0.929. The largest absolute Gasteiger partial charge is 0.392 e. The zero-order valence-electron chi connectivity index (χ0n) is 11.2. The average Bonchev–Trinajstić information content (AvgIpc) is 2.98. The molecule has 4 nitrogen and oxygen atoms in total. The average molecular weight is 254 g/mol. The maximum atomic E-state index is 12.0. The van der Waals surface area contributed by atoms with Gasteiger partial charge in [-0.1, -0.05) is 13.8 Å². The summed E-state index contributed by atoms with van der Waals surface area (Å²) in [4.78, 5) is 12.0. The first-order chi connectivity index (χ1) is 8.35. The van der Waals surface area contributed by atoms with Crippen LogP contribution < -0.4 is 0 Å². The van der Waals surface area contributed by atoms with Crippen LogP contribution in [0.4, 0.5) is 0 Å². The van der Waals surface area contributed by atoms with E-state index in [4.69, 9.17) is 4.74 Å². The van der Waals surface area contributed by atoms with Crippen molar-refractivity contribution in [3.8, 4) is 0 Å². The van der Waals surface area contributed by atoms with E-state index in [0.29, 0.717) is 0 Å². The lowest BCUT2D eigenvalue weighted by Gasteiger charge is -2.54. The number of epoxide rings is 1. The van der Waals surface area contributed by atoms with Gasteiger partial charge in [0.1, 0.15) is 11.4 Å². The van der Waals surface area contributed by atoms with Gasteiger partial charge in [0, 0.05) is 11.8 Å². The fourth-order valence-corrected chi connectivity index (χ4v) is 4.87. The Morgan fingerprint density at radius 2 is 2.00 bits per heavy atom. The molecule has 1 saturated heterocycles. The highest BCUT2D eigenvalue weighted by Gasteiger charge is 2.78. The van der Waals surface area contributed by atoms with E-state index in [1.54, 1.807) is 6.92 Å². The minimum Gasteiger partial charge on any atom is -0.392 e. The summed E-state index contributed by atoms with van der Waals surface area (Å²) in [5.41, 5.74) is -1.03. The second-order valence-corrected chi connectivity index (χ2v) is 6.57.